The van der Waals surface area contributed by atoms with Crippen molar-refractivity contribution in [1.29, 1.82) is 0 Å². The Balaban J connectivity index is 1.73. The topological polar surface area (TPSA) is 38.3 Å². The van der Waals surface area contributed by atoms with Gasteiger partial charge in [0.1, 0.15) is 11.6 Å². The number of hydrogen-bond donors (Lipinski definition) is 1. The fraction of sp³-hybridized carbons (Fsp3) is 0.316. The second-order valence-electron chi connectivity index (χ2n) is 5.51. The number of hydrogen-bond acceptors (Lipinski definition) is 3. The van der Waals surface area contributed by atoms with Crippen molar-refractivity contribution in [1.82, 2.24) is 5.32 Å². The Hall–Kier alpha value is -1.43. The minimum Gasteiger partial charge on any atom is -0.481 e. The van der Waals surface area contributed by atoms with Crippen molar-refractivity contribution >= 4 is 40.9 Å². The van der Waals surface area contributed by atoms with E-state index in [0.717, 1.165) is 11.3 Å². The molecule has 0 radical (unpaired) electrons. The zero-order valence-corrected chi connectivity index (χ0v) is 16.6. The van der Waals surface area contributed by atoms with Gasteiger partial charge in [0.2, 0.25) is 0 Å². The molecule has 2 aromatic carbocycles. The van der Waals surface area contributed by atoms with Crippen LogP contribution in [0.5, 0.6) is 5.75 Å². The van der Waals surface area contributed by atoms with Crippen LogP contribution >= 0.6 is 35.0 Å². The summed E-state index contributed by atoms with van der Waals surface area (Å²) in [5.41, 5.74) is 0.901. The van der Waals surface area contributed by atoms with Crippen molar-refractivity contribution in [3.8, 4) is 5.75 Å². The van der Waals surface area contributed by atoms with Gasteiger partial charge in [-0.2, -0.15) is 11.8 Å². The third kappa shape index (κ3) is 6.38. The first-order valence-corrected chi connectivity index (χ1v) is 10.1. The summed E-state index contributed by atoms with van der Waals surface area (Å²) in [7, 11) is 0. The highest BCUT2D eigenvalue weighted by molar-refractivity contribution is 7.98. The van der Waals surface area contributed by atoms with Crippen LogP contribution in [0.4, 0.5) is 4.39 Å². The SMILES string of the molecule is CC[C@@H](Oc1ccc(F)cc1)C(=O)NCCSCc1c(Cl)cccc1Cl. The Labute approximate surface area is 167 Å². The third-order valence-electron chi connectivity index (χ3n) is 3.61. The summed E-state index contributed by atoms with van der Waals surface area (Å²) in [6.07, 6.45) is -0.0885. The van der Waals surface area contributed by atoms with Crippen LogP contribution in [-0.4, -0.2) is 24.3 Å². The molecule has 1 N–H and O–H groups in total. The van der Waals surface area contributed by atoms with Gasteiger partial charge >= 0.3 is 0 Å². The first-order valence-electron chi connectivity index (χ1n) is 8.21. The minimum atomic E-state index is -0.608. The Morgan fingerprint density at radius 2 is 1.85 bits per heavy atom. The normalized spacial score (nSPS) is 11.8. The third-order valence-corrected chi connectivity index (χ3v) is 5.30. The zero-order valence-electron chi connectivity index (χ0n) is 14.3. The summed E-state index contributed by atoms with van der Waals surface area (Å²) in [6, 6.07) is 11.0. The molecule has 0 heterocycles. The number of benzene rings is 2. The maximum Gasteiger partial charge on any atom is 0.261 e. The maximum absolute atomic E-state index is 12.9. The molecule has 0 aromatic heterocycles. The number of amides is 1. The Morgan fingerprint density at radius 1 is 1.19 bits per heavy atom. The van der Waals surface area contributed by atoms with E-state index < -0.39 is 6.10 Å². The number of nitrogens with one attached hydrogen (secondary N) is 1. The van der Waals surface area contributed by atoms with Crippen molar-refractivity contribution in [3.05, 3.63) is 63.9 Å². The predicted octanol–water partition coefficient (Wildman–Crippen LogP) is 5.34. The molecule has 0 unspecified atom stereocenters. The van der Waals surface area contributed by atoms with E-state index in [0.29, 0.717) is 34.5 Å². The van der Waals surface area contributed by atoms with Crippen LogP contribution in [-0.2, 0) is 10.5 Å². The molecule has 26 heavy (non-hydrogen) atoms. The van der Waals surface area contributed by atoms with Gasteiger partial charge in [-0.3, -0.25) is 4.79 Å². The number of thioether (sulfide) groups is 1. The van der Waals surface area contributed by atoms with Crippen LogP contribution in [0.1, 0.15) is 18.9 Å². The number of carbonyl (C=O) groups excluding carboxylic acids is 1. The second-order valence-corrected chi connectivity index (χ2v) is 7.43. The second kappa shape index (κ2) is 10.7. The molecule has 0 saturated heterocycles. The molecule has 1 atom stereocenters. The van der Waals surface area contributed by atoms with E-state index in [4.69, 9.17) is 27.9 Å². The van der Waals surface area contributed by atoms with Gasteiger partial charge < -0.3 is 10.1 Å². The van der Waals surface area contributed by atoms with Gasteiger partial charge in [0.05, 0.1) is 0 Å². The molecule has 0 saturated carbocycles. The molecular formula is C19H20Cl2FNO2S. The summed E-state index contributed by atoms with van der Waals surface area (Å²) < 4.78 is 18.5. The standard InChI is InChI=1S/C19H20Cl2FNO2S/c1-2-18(25-14-8-6-13(22)7-9-14)19(24)23-10-11-26-12-15-16(20)4-3-5-17(15)21/h3-9,18H,2,10-12H2,1H3,(H,23,24)/t18-/m1/s1. The van der Waals surface area contributed by atoms with Crippen molar-refractivity contribution in [2.75, 3.05) is 12.3 Å². The molecule has 0 aliphatic heterocycles. The van der Waals surface area contributed by atoms with E-state index in [2.05, 4.69) is 5.32 Å². The lowest BCUT2D eigenvalue weighted by molar-refractivity contribution is -0.127. The summed E-state index contributed by atoms with van der Waals surface area (Å²) in [5, 5.41) is 4.15. The monoisotopic (exact) mass is 415 g/mol. The van der Waals surface area contributed by atoms with Crippen LogP contribution in [0, 0.1) is 5.82 Å². The highest BCUT2D eigenvalue weighted by Crippen LogP contribution is 2.28. The summed E-state index contributed by atoms with van der Waals surface area (Å²) in [6.45, 7) is 2.37. The average molecular weight is 416 g/mol. The smallest absolute Gasteiger partial charge is 0.261 e. The molecule has 0 aliphatic rings. The molecule has 0 bridgehead atoms. The lowest BCUT2D eigenvalue weighted by Gasteiger charge is -2.17. The number of rotatable bonds is 9. The van der Waals surface area contributed by atoms with Gasteiger partial charge in [-0.05, 0) is 48.4 Å². The summed E-state index contributed by atoms with van der Waals surface area (Å²) in [4.78, 5) is 12.2. The fourth-order valence-electron chi connectivity index (χ4n) is 2.20. The van der Waals surface area contributed by atoms with Crippen LogP contribution in [0.2, 0.25) is 10.0 Å². The van der Waals surface area contributed by atoms with E-state index >= 15 is 0 Å². The van der Waals surface area contributed by atoms with E-state index in [1.807, 2.05) is 25.1 Å². The zero-order chi connectivity index (χ0) is 18.9. The van der Waals surface area contributed by atoms with Gasteiger partial charge in [-0.25, -0.2) is 4.39 Å². The van der Waals surface area contributed by atoms with Crippen molar-refractivity contribution in [2.45, 2.75) is 25.2 Å². The lowest BCUT2D eigenvalue weighted by atomic mass is 10.2. The quantitative estimate of drug-likeness (QED) is 0.561. The predicted molar refractivity (Wildman–Crippen MR) is 107 cm³/mol. The number of carbonyl (C=O) groups is 1. The molecule has 7 heteroatoms. The Kier molecular flexibility index (Phi) is 8.55. The van der Waals surface area contributed by atoms with E-state index in [-0.39, 0.29) is 11.7 Å². The number of halogens is 3. The molecule has 2 rings (SSSR count). The van der Waals surface area contributed by atoms with E-state index in [1.165, 1.54) is 24.3 Å². The molecule has 0 spiro atoms. The van der Waals surface area contributed by atoms with Gasteiger partial charge in [0, 0.05) is 28.1 Å². The minimum absolute atomic E-state index is 0.187. The van der Waals surface area contributed by atoms with Crippen LogP contribution in [0.15, 0.2) is 42.5 Å². The first kappa shape index (κ1) is 20.9. The Morgan fingerprint density at radius 3 is 2.46 bits per heavy atom. The average Bonchev–Trinajstić information content (AvgIpc) is 2.63. The maximum atomic E-state index is 12.9. The number of ether oxygens (including phenoxy) is 1. The molecular weight excluding hydrogens is 396 g/mol. The molecule has 3 nitrogen and oxygen atoms in total. The van der Waals surface area contributed by atoms with Gasteiger partial charge in [-0.1, -0.05) is 36.2 Å². The molecule has 2 aromatic rings. The Bertz CT molecular complexity index is 708. The molecule has 0 fully saturated rings. The highest BCUT2D eigenvalue weighted by atomic mass is 35.5. The summed E-state index contributed by atoms with van der Waals surface area (Å²) in [5.74, 6) is 1.34. The van der Waals surface area contributed by atoms with Crippen molar-refractivity contribution in [2.24, 2.45) is 0 Å². The largest absolute Gasteiger partial charge is 0.481 e. The highest BCUT2D eigenvalue weighted by Gasteiger charge is 2.17. The van der Waals surface area contributed by atoms with Gasteiger partial charge in [-0.15, -0.1) is 0 Å². The summed E-state index contributed by atoms with van der Waals surface area (Å²) >= 11 is 13.9. The van der Waals surface area contributed by atoms with Gasteiger partial charge in [0.25, 0.3) is 5.91 Å². The lowest BCUT2D eigenvalue weighted by Crippen LogP contribution is -2.39. The van der Waals surface area contributed by atoms with E-state index in [1.54, 1.807) is 11.8 Å². The molecule has 0 aliphatic carbocycles. The van der Waals surface area contributed by atoms with Crippen LogP contribution in [0.25, 0.3) is 0 Å². The first-order chi connectivity index (χ1) is 12.5. The van der Waals surface area contributed by atoms with Crippen molar-refractivity contribution < 1.29 is 13.9 Å². The molecule has 1 amide bonds. The van der Waals surface area contributed by atoms with Crippen LogP contribution in [0.3, 0.4) is 0 Å². The van der Waals surface area contributed by atoms with E-state index in [9.17, 15) is 9.18 Å². The fourth-order valence-corrected chi connectivity index (χ4v) is 3.80. The van der Waals surface area contributed by atoms with Crippen molar-refractivity contribution in [3.63, 3.8) is 0 Å². The van der Waals surface area contributed by atoms with Crippen LogP contribution < -0.4 is 10.1 Å². The van der Waals surface area contributed by atoms with Gasteiger partial charge in [0.15, 0.2) is 6.10 Å². The molecule has 140 valence electrons.